The van der Waals surface area contributed by atoms with Crippen LogP contribution in [0.15, 0.2) is 0 Å². The topological polar surface area (TPSA) is 12.0 Å². The summed E-state index contributed by atoms with van der Waals surface area (Å²) in [5, 5.41) is 3.31. The average Bonchev–Trinajstić information content (AvgIpc) is 1.27. The van der Waals surface area contributed by atoms with Crippen LogP contribution in [-0.2, 0) is 0 Å². The van der Waals surface area contributed by atoms with Crippen molar-refractivity contribution in [2.45, 2.75) is 39.8 Å². The van der Waals surface area contributed by atoms with Gasteiger partial charge in [0.2, 0.25) is 0 Å². The van der Waals surface area contributed by atoms with E-state index in [4.69, 9.17) is 0 Å². The number of hydrogen-bond acceptors (Lipinski definition) is 1. The van der Waals surface area contributed by atoms with Crippen LogP contribution in [0.4, 0.5) is 0 Å². The number of nitrogens with one attached hydrogen (secondary N) is 1. The Labute approximate surface area is 99.6 Å². The Morgan fingerprint density at radius 3 is 1.00 bits per heavy atom. The second-order valence-corrected chi connectivity index (χ2v) is 2.48. The molecule has 0 aromatic rings. The second kappa shape index (κ2) is 13.3. The molecule has 0 amide bonds. The molecule has 0 spiro atoms. The van der Waals surface area contributed by atoms with Gasteiger partial charge in [0.05, 0.1) is 0 Å². The van der Waals surface area contributed by atoms with E-state index in [0.717, 1.165) is 0 Å². The van der Waals surface area contributed by atoms with E-state index in [2.05, 4.69) is 33.0 Å². The Balaban J connectivity index is -0.0000000600. The Hall–Kier alpha value is 1.69. The zero-order chi connectivity index (χ0) is 5.86. The summed E-state index contributed by atoms with van der Waals surface area (Å²) in [6, 6.07) is 1.25. The van der Waals surface area contributed by atoms with Crippen LogP contribution in [0.25, 0.3) is 0 Å². The van der Waals surface area contributed by atoms with E-state index in [9.17, 15) is 0 Å². The van der Waals surface area contributed by atoms with Crippen LogP contribution in [-0.4, -0.2) is 67.2 Å². The predicted octanol–water partition coefficient (Wildman–Crippen LogP) is -1.09. The summed E-state index contributed by atoms with van der Waals surface area (Å²) in [6.45, 7) is 8.61. The van der Waals surface area contributed by atoms with E-state index >= 15 is 0 Å². The molecule has 0 aromatic heterocycles. The molecular formula is C6H20AlLi2N. The fraction of sp³-hybridized carbons (Fsp3) is 1.00. The van der Waals surface area contributed by atoms with Crippen molar-refractivity contribution in [3.8, 4) is 0 Å². The van der Waals surface area contributed by atoms with Crippen molar-refractivity contribution >= 4 is 55.1 Å². The van der Waals surface area contributed by atoms with Gasteiger partial charge in [-0.05, 0) is 0 Å². The fourth-order valence-corrected chi connectivity index (χ4v) is 0.667. The van der Waals surface area contributed by atoms with Crippen LogP contribution in [0.3, 0.4) is 0 Å². The summed E-state index contributed by atoms with van der Waals surface area (Å²) in [4.78, 5) is 0. The third kappa shape index (κ3) is 22.6. The van der Waals surface area contributed by atoms with Crippen molar-refractivity contribution in [2.24, 2.45) is 0 Å². The summed E-state index contributed by atoms with van der Waals surface area (Å²) in [5.41, 5.74) is 0. The molecular weight excluding hydrogens is 127 g/mol. The van der Waals surface area contributed by atoms with E-state index < -0.39 is 0 Å². The molecule has 0 saturated heterocycles. The molecule has 0 atom stereocenters. The van der Waals surface area contributed by atoms with Gasteiger partial charge in [-0.1, -0.05) is 27.7 Å². The molecule has 0 rings (SSSR count). The van der Waals surface area contributed by atoms with E-state index in [1.807, 2.05) is 0 Å². The van der Waals surface area contributed by atoms with Crippen molar-refractivity contribution in [3.05, 3.63) is 0 Å². The van der Waals surface area contributed by atoms with E-state index in [0.29, 0.717) is 12.1 Å². The van der Waals surface area contributed by atoms with Gasteiger partial charge in [0.15, 0.2) is 17.4 Å². The Morgan fingerprint density at radius 1 is 0.800 bits per heavy atom. The first kappa shape index (κ1) is 22.6. The molecule has 1 nitrogen and oxygen atoms in total. The summed E-state index contributed by atoms with van der Waals surface area (Å²) < 4.78 is 0. The Bertz CT molecular complexity index is 45.0. The van der Waals surface area contributed by atoms with Crippen molar-refractivity contribution in [1.82, 2.24) is 5.32 Å². The first-order valence-corrected chi connectivity index (χ1v) is 2.89. The Kier molecular flexibility index (Phi) is 30.0. The maximum atomic E-state index is 3.31. The van der Waals surface area contributed by atoms with E-state index in [-0.39, 0.29) is 55.1 Å². The van der Waals surface area contributed by atoms with Gasteiger partial charge in [-0.2, -0.15) is 0 Å². The molecule has 54 valence electrons. The first-order chi connectivity index (χ1) is 3.13. The summed E-state index contributed by atoms with van der Waals surface area (Å²) in [6.07, 6.45) is 0. The number of rotatable bonds is 2. The van der Waals surface area contributed by atoms with Gasteiger partial charge in [0.1, 0.15) is 0 Å². The van der Waals surface area contributed by atoms with Gasteiger partial charge in [0.25, 0.3) is 0 Å². The second-order valence-electron chi connectivity index (χ2n) is 2.48. The van der Waals surface area contributed by atoms with E-state index in [1.165, 1.54) is 0 Å². The molecule has 0 bridgehead atoms. The molecule has 0 unspecified atom stereocenters. The summed E-state index contributed by atoms with van der Waals surface area (Å²) in [5.74, 6) is 0. The SMILES string of the molecule is CC(C)NC(C)C.[AlH3].[LiH].[LiH]. The monoisotopic (exact) mass is 147 g/mol. The van der Waals surface area contributed by atoms with Crippen LogP contribution in [0.5, 0.6) is 0 Å². The van der Waals surface area contributed by atoms with Crippen molar-refractivity contribution in [1.29, 1.82) is 0 Å². The van der Waals surface area contributed by atoms with Crippen LogP contribution in [0.2, 0.25) is 0 Å². The molecule has 0 aliphatic carbocycles. The molecule has 4 heteroatoms. The zero-order valence-corrected chi connectivity index (χ0v) is 5.65. The summed E-state index contributed by atoms with van der Waals surface area (Å²) >= 11 is 0. The predicted molar refractivity (Wildman–Crippen MR) is 57.6 cm³/mol. The normalized spacial score (nSPS) is 7.80. The van der Waals surface area contributed by atoms with Crippen LogP contribution in [0.1, 0.15) is 27.7 Å². The van der Waals surface area contributed by atoms with Gasteiger partial charge >= 0.3 is 37.7 Å². The fourth-order valence-electron chi connectivity index (χ4n) is 0.667. The molecule has 0 heterocycles. The van der Waals surface area contributed by atoms with Crippen molar-refractivity contribution in [2.75, 3.05) is 0 Å². The molecule has 0 fully saturated rings. The van der Waals surface area contributed by atoms with Gasteiger partial charge in [-0.3, -0.25) is 0 Å². The quantitative estimate of drug-likeness (QED) is 0.489. The first-order valence-electron chi connectivity index (χ1n) is 2.89. The minimum atomic E-state index is 0. The standard InChI is InChI=1S/C6H15N.Al.2Li.5H/c1-5(2)7-6(3)4;;;;;;;;/h5-7H,1-4H3;;;;;;;;. The number of hydrogen-bond donors (Lipinski definition) is 1. The molecule has 0 aliphatic rings. The third-order valence-electron chi connectivity index (χ3n) is 0.667. The Morgan fingerprint density at radius 2 is 1.00 bits per heavy atom. The summed E-state index contributed by atoms with van der Waals surface area (Å²) in [7, 11) is 0. The van der Waals surface area contributed by atoms with Crippen molar-refractivity contribution in [3.63, 3.8) is 0 Å². The molecule has 10 heavy (non-hydrogen) atoms. The maximum absolute atomic E-state index is 3.31. The van der Waals surface area contributed by atoms with Gasteiger partial charge < -0.3 is 5.32 Å². The molecule has 0 saturated carbocycles. The molecule has 0 aliphatic heterocycles. The van der Waals surface area contributed by atoms with Crippen LogP contribution >= 0.6 is 0 Å². The van der Waals surface area contributed by atoms with Gasteiger partial charge in [-0.15, -0.1) is 0 Å². The van der Waals surface area contributed by atoms with Gasteiger partial charge in [0, 0.05) is 12.1 Å². The van der Waals surface area contributed by atoms with E-state index in [1.54, 1.807) is 0 Å². The molecule has 0 radical (unpaired) electrons. The molecule has 1 N–H and O–H groups in total. The van der Waals surface area contributed by atoms with Crippen LogP contribution < -0.4 is 5.32 Å². The molecule has 0 aromatic carbocycles. The third-order valence-corrected chi connectivity index (χ3v) is 0.667. The average molecular weight is 147 g/mol. The zero-order valence-electron chi connectivity index (χ0n) is 5.65. The van der Waals surface area contributed by atoms with Crippen molar-refractivity contribution < 1.29 is 0 Å². The van der Waals surface area contributed by atoms with Crippen LogP contribution in [0, 0.1) is 0 Å². The van der Waals surface area contributed by atoms with Gasteiger partial charge in [-0.25, -0.2) is 0 Å². The minimum absolute atomic E-state index is 0.